The van der Waals surface area contributed by atoms with Gasteiger partial charge in [0.15, 0.2) is 0 Å². The number of rotatable bonds is 8. The average Bonchev–Trinajstić information content (AvgIpc) is 2.41. The van der Waals surface area contributed by atoms with Crippen LogP contribution in [0.15, 0.2) is 18.2 Å². The molecule has 1 atom stereocenters. The molecular formula is C17H30N2. The van der Waals surface area contributed by atoms with E-state index in [0.717, 1.165) is 19.5 Å². The van der Waals surface area contributed by atoms with Crippen molar-refractivity contribution in [3.05, 3.63) is 29.3 Å². The molecular weight excluding hydrogens is 232 g/mol. The zero-order valence-electron chi connectivity index (χ0n) is 13.1. The second kappa shape index (κ2) is 8.21. The molecule has 2 N–H and O–H groups in total. The second-order valence-corrected chi connectivity index (χ2v) is 5.46. The molecule has 0 aliphatic carbocycles. The summed E-state index contributed by atoms with van der Waals surface area (Å²) in [5, 5.41) is 0. The van der Waals surface area contributed by atoms with Crippen molar-refractivity contribution in [2.24, 2.45) is 5.73 Å². The molecule has 0 bridgehead atoms. The molecule has 0 amide bonds. The van der Waals surface area contributed by atoms with Crippen LogP contribution in [0.3, 0.4) is 0 Å². The van der Waals surface area contributed by atoms with Gasteiger partial charge in [-0.25, -0.2) is 0 Å². The predicted molar refractivity (Wildman–Crippen MR) is 85.9 cm³/mol. The Hall–Kier alpha value is -1.02. The van der Waals surface area contributed by atoms with Gasteiger partial charge in [-0.3, -0.25) is 0 Å². The molecule has 0 saturated carbocycles. The highest BCUT2D eigenvalue weighted by molar-refractivity contribution is 5.55. The Morgan fingerprint density at radius 2 is 2.00 bits per heavy atom. The van der Waals surface area contributed by atoms with Crippen molar-refractivity contribution in [1.82, 2.24) is 0 Å². The van der Waals surface area contributed by atoms with Gasteiger partial charge in [-0.2, -0.15) is 0 Å². The summed E-state index contributed by atoms with van der Waals surface area (Å²) in [6.07, 6.45) is 4.67. The normalized spacial score (nSPS) is 12.5. The van der Waals surface area contributed by atoms with Crippen molar-refractivity contribution in [3.8, 4) is 0 Å². The number of nitrogens with zero attached hydrogens (tertiary/aromatic N) is 1. The first kappa shape index (κ1) is 16.0. The maximum atomic E-state index is 5.63. The highest BCUT2D eigenvalue weighted by Gasteiger charge is 2.14. The lowest BCUT2D eigenvalue weighted by molar-refractivity contribution is 0.594. The summed E-state index contributed by atoms with van der Waals surface area (Å²) in [4.78, 5) is 2.56. The highest BCUT2D eigenvalue weighted by atomic mass is 15.2. The summed E-state index contributed by atoms with van der Waals surface area (Å²) >= 11 is 0. The molecule has 1 aromatic carbocycles. The molecule has 0 fully saturated rings. The van der Waals surface area contributed by atoms with Crippen LogP contribution in [0.4, 0.5) is 5.69 Å². The molecule has 1 unspecified atom stereocenters. The molecule has 0 aliphatic heterocycles. The maximum Gasteiger partial charge on any atom is 0.0398 e. The Morgan fingerprint density at radius 1 is 1.26 bits per heavy atom. The fourth-order valence-electron chi connectivity index (χ4n) is 2.49. The Bertz CT molecular complexity index is 374. The van der Waals surface area contributed by atoms with Crippen LogP contribution in [0.1, 0.15) is 51.2 Å². The summed E-state index contributed by atoms with van der Waals surface area (Å²) in [7, 11) is 0. The van der Waals surface area contributed by atoms with Gasteiger partial charge in [-0.05, 0) is 56.8 Å². The summed E-state index contributed by atoms with van der Waals surface area (Å²) in [5.74, 6) is 0. The first-order valence-electron chi connectivity index (χ1n) is 7.70. The maximum absolute atomic E-state index is 5.63. The zero-order chi connectivity index (χ0) is 14.3. The summed E-state index contributed by atoms with van der Waals surface area (Å²) in [5.41, 5.74) is 9.75. The van der Waals surface area contributed by atoms with E-state index in [4.69, 9.17) is 5.73 Å². The number of hydrogen-bond acceptors (Lipinski definition) is 2. The molecule has 0 aromatic heterocycles. The van der Waals surface area contributed by atoms with Gasteiger partial charge in [-0.15, -0.1) is 0 Å². The minimum Gasteiger partial charge on any atom is -0.369 e. The largest absolute Gasteiger partial charge is 0.369 e. The number of benzene rings is 1. The number of nitrogens with two attached hydrogens (primary N) is 1. The summed E-state index contributed by atoms with van der Waals surface area (Å²) < 4.78 is 0. The van der Waals surface area contributed by atoms with Crippen molar-refractivity contribution in [3.63, 3.8) is 0 Å². The van der Waals surface area contributed by atoms with Crippen molar-refractivity contribution in [2.75, 3.05) is 18.0 Å². The van der Waals surface area contributed by atoms with Gasteiger partial charge < -0.3 is 10.6 Å². The van der Waals surface area contributed by atoms with E-state index in [0.29, 0.717) is 6.04 Å². The number of hydrogen-bond donors (Lipinski definition) is 1. The molecule has 0 heterocycles. The van der Waals surface area contributed by atoms with Crippen LogP contribution < -0.4 is 10.6 Å². The van der Waals surface area contributed by atoms with Gasteiger partial charge in [0.1, 0.15) is 0 Å². The highest BCUT2D eigenvalue weighted by Crippen LogP contribution is 2.25. The third-order valence-corrected chi connectivity index (χ3v) is 3.88. The lowest BCUT2D eigenvalue weighted by atomic mass is 10.0. The standard InChI is InChI=1S/C17H30N2/c1-5-7-12-19(15(4)6-2)17-9-8-16(10-11-18)13-14(17)3/h8-9,13,15H,5-7,10-12,18H2,1-4H3. The average molecular weight is 262 g/mol. The molecule has 0 saturated heterocycles. The van der Waals surface area contributed by atoms with E-state index in [-0.39, 0.29) is 0 Å². The van der Waals surface area contributed by atoms with Gasteiger partial charge in [-0.1, -0.05) is 32.4 Å². The van der Waals surface area contributed by atoms with Crippen LogP contribution in [-0.4, -0.2) is 19.1 Å². The molecule has 1 rings (SSSR count). The van der Waals surface area contributed by atoms with Gasteiger partial charge in [0.25, 0.3) is 0 Å². The first-order chi connectivity index (χ1) is 9.13. The Labute approximate surface area is 119 Å². The lowest BCUT2D eigenvalue weighted by Crippen LogP contribution is -2.34. The Balaban J connectivity index is 2.94. The van der Waals surface area contributed by atoms with Gasteiger partial charge >= 0.3 is 0 Å². The van der Waals surface area contributed by atoms with Crippen LogP contribution in [0, 0.1) is 6.92 Å². The fourth-order valence-corrected chi connectivity index (χ4v) is 2.49. The van der Waals surface area contributed by atoms with Crippen molar-refractivity contribution < 1.29 is 0 Å². The smallest absolute Gasteiger partial charge is 0.0398 e. The summed E-state index contributed by atoms with van der Waals surface area (Å²) in [6, 6.07) is 7.41. The van der Waals surface area contributed by atoms with E-state index in [1.807, 2.05) is 0 Å². The number of anilines is 1. The van der Waals surface area contributed by atoms with Crippen molar-refractivity contribution in [2.45, 2.75) is 59.4 Å². The van der Waals surface area contributed by atoms with E-state index in [2.05, 4.69) is 50.8 Å². The van der Waals surface area contributed by atoms with Gasteiger partial charge in [0, 0.05) is 18.3 Å². The minimum absolute atomic E-state index is 0.602. The number of aryl methyl sites for hydroxylation is 1. The fraction of sp³-hybridized carbons (Fsp3) is 0.647. The van der Waals surface area contributed by atoms with Gasteiger partial charge in [0.2, 0.25) is 0 Å². The van der Waals surface area contributed by atoms with E-state index in [1.165, 1.54) is 36.1 Å². The molecule has 2 nitrogen and oxygen atoms in total. The Kier molecular flexibility index (Phi) is 6.93. The SMILES string of the molecule is CCCCN(c1ccc(CCN)cc1C)C(C)CC. The van der Waals surface area contributed by atoms with Crippen LogP contribution in [0.5, 0.6) is 0 Å². The predicted octanol–water partition coefficient (Wildman–Crippen LogP) is 3.90. The molecule has 108 valence electrons. The van der Waals surface area contributed by atoms with Crippen molar-refractivity contribution in [1.29, 1.82) is 0 Å². The minimum atomic E-state index is 0.602. The lowest BCUT2D eigenvalue weighted by Gasteiger charge is -2.32. The van der Waals surface area contributed by atoms with E-state index in [9.17, 15) is 0 Å². The number of unbranched alkanes of at least 4 members (excludes halogenated alkanes) is 1. The Morgan fingerprint density at radius 3 is 2.53 bits per heavy atom. The van der Waals surface area contributed by atoms with Gasteiger partial charge in [0.05, 0.1) is 0 Å². The van der Waals surface area contributed by atoms with Crippen LogP contribution in [-0.2, 0) is 6.42 Å². The molecule has 19 heavy (non-hydrogen) atoms. The monoisotopic (exact) mass is 262 g/mol. The van der Waals surface area contributed by atoms with E-state index >= 15 is 0 Å². The molecule has 2 heteroatoms. The van der Waals surface area contributed by atoms with Crippen LogP contribution in [0.25, 0.3) is 0 Å². The quantitative estimate of drug-likeness (QED) is 0.770. The van der Waals surface area contributed by atoms with E-state index < -0.39 is 0 Å². The molecule has 0 radical (unpaired) electrons. The topological polar surface area (TPSA) is 29.3 Å². The van der Waals surface area contributed by atoms with Crippen molar-refractivity contribution >= 4 is 5.69 Å². The van der Waals surface area contributed by atoms with Crippen LogP contribution in [0.2, 0.25) is 0 Å². The first-order valence-corrected chi connectivity index (χ1v) is 7.70. The third kappa shape index (κ3) is 4.54. The molecule has 0 aliphatic rings. The third-order valence-electron chi connectivity index (χ3n) is 3.88. The van der Waals surface area contributed by atoms with E-state index in [1.54, 1.807) is 0 Å². The molecule has 1 aromatic rings. The summed E-state index contributed by atoms with van der Waals surface area (Å²) in [6.45, 7) is 10.9. The van der Waals surface area contributed by atoms with Crippen LogP contribution >= 0.6 is 0 Å². The zero-order valence-corrected chi connectivity index (χ0v) is 13.1. The second-order valence-electron chi connectivity index (χ2n) is 5.46. The molecule has 0 spiro atoms.